The van der Waals surface area contributed by atoms with E-state index in [4.69, 9.17) is 9.47 Å². The van der Waals surface area contributed by atoms with Crippen molar-refractivity contribution in [3.8, 4) is 0 Å². The van der Waals surface area contributed by atoms with E-state index < -0.39 is 5.79 Å². The van der Waals surface area contributed by atoms with Gasteiger partial charge in [-0.2, -0.15) is 0 Å². The summed E-state index contributed by atoms with van der Waals surface area (Å²) in [6.45, 7) is 1.39. The Morgan fingerprint density at radius 2 is 2.07 bits per heavy atom. The van der Waals surface area contributed by atoms with Crippen LogP contribution in [0, 0.1) is 5.92 Å². The average Bonchev–Trinajstić information content (AvgIpc) is 3.12. The van der Waals surface area contributed by atoms with Crippen molar-refractivity contribution in [2.45, 2.75) is 56.1 Å². The molecule has 0 aromatic carbocycles. The lowest BCUT2D eigenvalue weighted by Crippen LogP contribution is -2.49. The first-order chi connectivity index (χ1) is 13.7. The monoisotopic (exact) mass is 378 g/mol. The Bertz CT molecular complexity index is 863. The molecule has 1 saturated carbocycles. The van der Waals surface area contributed by atoms with Gasteiger partial charge in [-0.15, -0.1) is 0 Å². The number of nitrogens with zero attached hydrogens (tertiary/aromatic N) is 2. The van der Waals surface area contributed by atoms with Crippen molar-refractivity contribution in [3.63, 3.8) is 0 Å². The number of carbonyl (C=O) groups is 1. The molecule has 5 rings (SSSR count). The number of aryl methyl sites for hydroxylation is 1. The highest BCUT2D eigenvalue weighted by molar-refractivity contribution is 5.72. The van der Waals surface area contributed by atoms with Gasteiger partial charge in [0.05, 0.1) is 13.2 Å². The number of carbonyl (C=O) groups excluding carboxylic acids is 1. The Kier molecular flexibility index (Phi) is 4.52. The second kappa shape index (κ2) is 7.05. The van der Waals surface area contributed by atoms with Crippen LogP contribution in [0.15, 0.2) is 36.7 Å². The van der Waals surface area contributed by atoms with Crippen LogP contribution in [0.3, 0.4) is 0 Å². The van der Waals surface area contributed by atoms with E-state index in [1.807, 2.05) is 24.5 Å². The van der Waals surface area contributed by atoms with Gasteiger partial charge >= 0.3 is 0 Å². The van der Waals surface area contributed by atoms with E-state index in [1.54, 1.807) is 0 Å². The summed E-state index contributed by atoms with van der Waals surface area (Å²) in [4.78, 5) is 20.4. The molecule has 0 bridgehead atoms. The van der Waals surface area contributed by atoms with Gasteiger partial charge in [0.1, 0.15) is 5.69 Å². The number of aldehydes is 1. The van der Waals surface area contributed by atoms with Crippen LogP contribution in [-0.2, 0) is 27.7 Å². The molecule has 3 heterocycles. The van der Waals surface area contributed by atoms with Crippen molar-refractivity contribution >= 4 is 6.29 Å². The first-order valence-corrected chi connectivity index (χ1v) is 10.4. The van der Waals surface area contributed by atoms with E-state index >= 15 is 0 Å². The van der Waals surface area contributed by atoms with E-state index in [2.05, 4.69) is 22.1 Å². The highest BCUT2D eigenvalue weighted by Gasteiger charge is 2.53. The van der Waals surface area contributed by atoms with Gasteiger partial charge in [0.15, 0.2) is 12.1 Å². The summed E-state index contributed by atoms with van der Waals surface area (Å²) in [5.74, 6) is 0.0466. The Balaban J connectivity index is 1.60. The van der Waals surface area contributed by atoms with E-state index in [-0.39, 0.29) is 5.41 Å². The maximum Gasteiger partial charge on any atom is 0.168 e. The van der Waals surface area contributed by atoms with Crippen molar-refractivity contribution in [2.24, 2.45) is 5.92 Å². The summed E-state index contributed by atoms with van der Waals surface area (Å²) < 4.78 is 12.2. The molecular weight excluding hydrogens is 352 g/mol. The summed E-state index contributed by atoms with van der Waals surface area (Å²) in [7, 11) is 0. The van der Waals surface area contributed by atoms with Gasteiger partial charge in [-0.3, -0.25) is 14.8 Å². The maximum absolute atomic E-state index is 11.3. The predicted molar refractivity (Wildman–Crippen MR) is 104 cm³/mol. The van der Waals surface area contributed by atoms with E-state index in [0.717, 1.165) is 56.9 Å². The molecule has 5 nitrogen and oxygen atoms in total. The molecule has 0 unspecified atom stereocenters. The lowest BCUT2D eigenvalue weighted by atomic mass is 9.58. The van der Waals surface area contributed by atoms with Crippen molar-refractivity contribution in [3.05, 3.63) is 59.2 Å². The fraction of sp³-hybridized carbons (Fsp3) is 0.522. The molecule has 28 heavy (non-hydrogen) atoms. The number of ether oxygens (including phenoxy) is 2. The fourth-order valence-electron chi connectivity index (χ4n) is 5.71. The summed E-state index contributed by atoms with van der Waals surface area (Å²) in [6, 6.07) is 8.15. The smallest absolute Gasteiger partial charge is 0.168 e. The van der Waals surface area contributed by atoms with E-state index in [0.29, 0.717) is 24.8 Å². The summed E-state index contributed by atoms with van der Waals surface area (Å²) in [6.07, 6.45) is 11.6. The molecule has 0 amide bonds. The van der Waals surface area contributed by atoms with Gasteiger partial charge in [-0.05, 0) is 67.3 Å². The second-order valence-corrected chi connectivity index (χ2v) is 8.44. The van der Waals surface area contributed by atoms with Gasteiger partial charge in [0.2, 0.25) is 0 Å². The van der Waals surface area contributed by atoms with Crippen LogP contribution in [0.5, 0.6) is 0 Å². The Labute approximate surface area is 165 Å². The van der Waals surface area contributed by atoms with Crippen LogP contribution in [0.25, 0.3) is 0 Å². The molecule has 0 radical (unpaired) electrons. The van der Waals surface area contributed by atoms with Crippen LogP contribution in [-0.4, -0.2) is 35.3 Å². The third-order valence-electron chi connectivity index (χ3n) is 6.99. The molecule has 0 N–H and O–H groups in total. The maximum atomic E-state index is 11.3. The summed E-state index contributed by atoms with van der Waals surface area (Å²) >= 11 is 0. The highest BCUT2D eigenvalue weighted by Crippen LogP contribution is 2.54. The van der Waals surface area contributed by atoms with Gasteiger partial charge in [-0.25, -0.2) is 0 Å². The molecular formula is C23H26N2O3. The van der Waals surface area contributed by atoms with E-state index in [1.165, 1.54) is 11.1 Å². The third-order valence-corrected chi connectivity index (χ3v) is 6.99. The Morgan fingerprint density at radius 1 is 1.18 bits per heavy atom. The average molecular weight is 378 g/mol. The number of fused-ring (bicyclic) bond motifs is 3. The Hall–Kier alpha value is -2.11. The van der Waals surface area contributed by atoms with E-state index in [9.17, 15) is 4.79 Å². The quantitative estimate of drug-likeness (QED) is 0.763. The molecule has 2 aliphatic carbocycles. The van der Waals surface area contributed by atoms with Gasteiger partial charge in [0.25, 0.3) is 0 Å². The van der Waals surface area contributed by atoms with Crippen LogP contribution in [0.2, 0.25) is 0 Å². The minimum atomic E-state index is -0.404. The topological polar surface area (TPSA) is 61.3 Å². The lowest BCUT2D eigenvalue weighted by molar-refractivity contribution is -0.199. The molecule has 2 fully saturated rings. The molecule has 3 aliphatic rings. The SMILES string of the molecule is O=Cc1cc2c(cn1)[C@@]1(Cc3ccccn3)CCC3(C[C@H]1CCC2)OCCO3. The molecule has 1 spiro atoms. The number of aromatic nitrogens is 2. The zero-order valence-corrected chi connectivity index (χ0v) is 16.1. The summed E-state index contributed by atoms with van der Waals surface area (Å²) in [5.41, 5.74) is 4.19. The second-order valence-electron chi connectivity index (χ2n) is 8.44. The zero-order valence-electron chi connectivity index (χ0n) is 16.1. The number of hydrogen-bond acceptors (Lipinski definition) is 5. The highest BCUT2D eigenvalue weighted by atomic mass is 16.7. The normalized spacial score (nSPS) is 28.4. The van der Waals surface area contributed by atoms with Crippen LogP contribution >= 0.6 is 0 Å². The van der Waals surface area contributed by atoms with Crippen LogP contribution in [0.4, 0.5) is 0 Å². The molecule has 1 saturated heterocycles. The van der Waals surface area contributed by atoms with Crippen molar-refractivity contribution < 1.29 is 14.3 Å². The minimum Gasteiger partial charge on any atom is -0.348 e. The standard InChI is InChI=1S/C23H26N2O3/c26-16-20-12-17-4-3-5-18-13-23(27-10-11-28-23)8-7-22(18,21(17)15-25-20)14-19-6-1-2-9-24-19/h1-2,6,9,12,15-16,18H,3-5,7-8,10-11,13-14H2/t18-,22-/m1/s1. The molecule has 2 aromatic rings. The predicted octanol–water partition coefficient (Wildman–Crippen LogP) is 3.65. The third kappa shape index (κ3) is 2.97. The first-order valence-electron chi connectivity index (χ1n) is 10.4. The molecule has 2 aromatic heterocycles. The number of rotatable bonds is 3. The van der Waals surface area contributed by atoms with Gasteiger partial charge in [0, 0.05) is 36.3 Å². The zero-order chi connectivity index (χ0) is 19.0. The molecule has 146 valence electrons. The van der Waals surface area contributed by atoms with Gasteiger partial charge < -0.3 is 9.47 Å². The van der Waals surface area contributed by atoms with Crippen molar-refractivity contribution in [1.29, 1.82) is 0 Å². The minimum absolute atomic E-state index is 0.0326. The largest absolute Gasteiger partial charge is 0.348 e. The number of hydrogen-bond donors (Lipinski definition) is 0. The van der Waals surface area contributed by atoms with Crippen molar-refractivity contribution in [1.82, 2.24) is 9.97 Å². The van der Waals surface area contributed by atoms with Gasteiger partial charge in [-0.1, -0.05) is 6.07 Å². The molecule has 2 atom stereocenters. The first kappa shape index (κ1) is 18.0. The van der Waals surface area contributed by atoms with Crippen LogP contribution in [0.1, 0.15) is 59.4 Å². The Morgan fingerprint density at radius 3 is 2.86 bits per heavy atom. The lowest BCUT2D eigenvalue weighted by Gasteiger charge is -2.49. The fourth-order valence-corrected chi connectivity index (χ4v) is 5.71. The van der Waals surface area contributed by atoms with Crippen molar-refractivity contribution in [2.75, 3.05) is 13.2 Å². The summed E-state index contributed by atoms with van der Waals surface area (Å²) in [5, 5.41) is 0. The van der Waals surface area contributed by atoms with Crippen LogP contribution < -0.4 is 0 Å². The molecule has 5 heteroatoms. The number of pyridine rings is 2. The molecule has 1 aliphatic heterocycles.